The number of oxazole rings is 1. The van der Waals surface area contributed by atoms with Gasteiger partial charge in [-0.15, -0.1) is 0 Å². The Bertz CT molecular complexity index is 1350. The zero-order valence-corrected chi connectivity index (χ0v) is 21.8. The summed E-state index contributed by atoms with van der Waals surface area (Å²) < 4.78 is 6.01. The molecule has 0 atom stereocenters. The molecule has 3 aromatic carbocycles. The van der Waals surface area contributed by atoms with Crippen LogP contribution in [0.1, 0.15) is 38.5 Å². The van der Waals surface area contributed by atoms with E-state index in [1.165, 1.54) is 16.8 Å². The number of benzene rings is 3. The highest BCUT2D eigenvalue weighted by Gasteiger charge is 2.20. The largest absolute Gasteiger partial charge is 0.441 e. The molecule has 0 aliphatic carbocycles. The van der Waals surface area contributed by atoms with E-state index in [0.717, 1.165) is 55.3 Å². The minimum absolute atomic E-state index is 0.0913. The van der Waals surface area contributed by atoms with Crippen molar-refractivity contribution in [1.82, 2.24) is 15.2 Å². The van der Waals surface area contributed by atoms with Crippen LogP contribution in [0.25, 0.3) is 11.5 Å². The molecule has 6 nitrogen and oxygen atoms in total. The Morgan fingerprint density at radius 1 is 0.919 bits per heavy atom. The summed E-state index contributed by atoms with van der Waals surface area (Å²) in [5, 5.41) is 3.03. The van der Waals surface area contributed by atoms with Crippen LogP contribution in [-0.4, -0.2) is 42.0 Å². The highest BCUT2D eigenvalue weighted by Crippen LogP contribution is 2.24. The second-order valence-electron chi connectivity index (χ2n) is 9.81. The minimum atomic E-state index is -0.0913. The van der Waals surface area contributed by atoms with Crippen molar-refractivity contribution in [3.8, 4) is 11.5 Å². The molecule has 1 aromatic heterocycles. The molecule has 6 heteroatoms. The van der Waals surface area contributed by atoms with Crippen LogP contribution in [-0.2, 0) is 13.1 Å². The molecular weight excluding hydrogens is 460 g/mol. The number of piperazine rings is 1. The lowest BCUT2D eigenvalue weighted by molar-refractivity contribution is 0.0951. The van der Waals surface area contributed by atoms with Gasteiger partial charge in [-0.05, 0) is 68.3 Å². The number of hydrogen-bond donors (Lipinski definition) is 1. The lowest BCUT2D eigenvalue weighted by Crippen LogP contribution is -2.46. The zero-order chi connectivity index (χ0) is 25.8. The number of rotatable bonds is 7. The normalized spacial score (nSPS) is 14.1. The summed E-state index contributed by atoms with van der Waals surface area (Å²) in [6.07, 6.45) is 0. The van der Waals surface area contributed by atoms with Gasteiger partial charge in [0, 0.05) is 56.1 Å². The van der Waals surface area contributed by atoms with Gasteiger partial charge in [-0.2, -0.15) is 0 Å². The Kier molecular flexibility index (Phi) is 7.37. The Morgan fingerprint density at radius 3 is 2.38 bits per heavy atom. The third-order valence-electron chi connectivity index (χ3n) is 7.10. The molecular formula is C31H34N4O2. The summed E-state index contributed by atoms with van der Waals surface area (Å²) in [4.78, 5) is 22.3. The van der Waals surface area contributed by atoms with Crippen molar-refractivity contribution in [2.45, 2.75) is 33.9 Å². The summed E-state index contributed by atoms with van der Waals surface area (Å²) >= 11 is 0. The molecule has 37 heavy (non-hydrogen) atoms. The van der Waals surface area contributed by atoms with E-state index in [1.807, 2.05) is 31.2 Å². The van der Waals surface area contributed by atoms with Crippen LogP contribution in [0.2, 0.25) is 0 Å². The first kappa shape index (κ1) is 24.8. The van der Waals surface area contributed by atoms with Gasteiger partial charge in [0.1, 0.15) is 5.76 Å². The van der Waals surface area contributed by atoms with Crippen LogP contribution in [0.3, 0.4) is 0 Å². The predicted molar refractivity (Wildman–Crippen MR) is 148 cm³/mol. The lowest BCUT2D eigenvalue weighted by atomic mass is 10.1. The highest BCUT2D eigenvalue weighted by atomic mass is 16.4. The summed E-state index contributed by atoms with van der Waals surface area (Å²) in [5.74, 6) is 1.35. The number of nitrogens with zero attached hydrogens (tertiary/aromatic N) is 3. The second-order valence-corrected chi connectivity index (χ2v) is 9.81. The van der Waals surface area contributed by atoms with Crippen molar-refractivity contribution in [1.29, 1.82) is 0 Å². The predicted octanol–water partition coefficient (Wildman–Crippen LogP) is 5.52. The number of nitrogens with one attached hydrogen (secondary N) is 1. The van der Waals surface area contributed by atoms with Gasteiger partial charge in [-0.3, -0.25) is 9.69 Å². The third kappa shape index (κ3) is 5.92. The van der Waals surface area contributed by atoms with E-state index in [0.29, 0.717) is 18.0 Å². The molecule has 0 unspecified atom stereocenters. The van der Waals surface area contributed by atoms with Crippen LogP contribution in [0.15, 0.2) is 77.2 Å². The van der Waals surface area contributed by atoms with E-state index in [9.17, 15) is 4.79 Å². The fourth-order valence-corrected chi connectivity index (χ4v) is 4.75. The standard InChI is InChI=1S/C31H34N4O2/c1-22-9-10-23(2)27(19-22)20-32-30(36)25-11-13-26(14-12-25)31-33-29(24(3)37-31)21-34-15-17-35(18-16-34)28-7-5-4-6-8-28/h4-14,19H,15-18,20-21H2,1-3H3,(H,32,36). The molecule has 1 saturated heterocycles. The van der Waals surface area contributed by atoms with Crippen molar-refractivity contribution in [2.24, 2.45) is 0 Å². The van der Waals surface area contributed by atoms with E-state index in [1.54, 1.807) is 0 Å². The van der Waals surface area contributed by atoms with Crippen LogP contribution in [0.5, 0.6) is 0 Å². The summed E-state index contributed by atoms with van der Waals surface area (Å²) in [6, 6.07) is 24.3. The maximum atomic E-state index is 12.7. The average molecular weight is 495 g/mol. The number of hydrogen-bond acceptors (Lipinski definition) is 5. The molecule has 5 rings (SSSR count). The number of anilines is 1. The first-order valence-corrected chi connectivity index (χ1v) is 12.9. The van der Waals surface area contributed by atoms with E-state index in [4.69, 9.17) is 9.40 Å². The highest BCUT2D eigenvalue weighted by molar-refractivity contribution is 5.94. The molecule has 0 spiro atoms. The maximum Gasteiger partial charge on any atom is 0.251 e. The number of para-hydroxylation sites is 1. The maximum absolute atomic E-state index is 12.7. The van der Waals surface area contributed by atoms with Crippen LogP contribution in [0.4, 0.5) is 5.69 Å². The van der Waals surface area contributed by atoms with E-state index < -0.39 is 0 Å². The molecule has 1 N–H and O–H groups in total. The summed E-state index contributed by atoms with van der Waals surface area (Å²) in [5.41, 5.74) is 7.24. The van der Waals surface area contributed by atoms with Gasteiger partial charge in [-0.25, -0.2) is 4.98 Å². The van der Waals surface area contributed by atoms with Crippen molar-refractivity contribution in [3.63, 3.8) is 0 Å². The lowest BCUT2D eigenvalue weighted by Gasteiger charge is -2.35. The van der Waals surface area contributed by atoms with Gasteiger partial charge in [0.15, 0.2) is 0 Å². The van der Waals surface area contributed by atoms with Gasteiger partial charge in [0.2, 0.25) is 5.89 Å². The van der Waals surface area contributed by atoms with Gasteiger partial charge in [0.05, 0.1) is 5.69 Å². The first-order valence-electron chi connectivity index (χ1n) is 12.9. The monoisotopic (exact) mass is 494 g/mol. The number of carbonyl (C=O) groups is 1. The Labute approximate surface area is 218 Å². The van der Waals surface area contributed by atoms with Gasteiger partial charge in [-0.1, -0.05) is 42.0 Å². The first-order chi connectivity index (χ1) is 18.0. The topological polar surface area (TPSA) is 61.6 Å². The second kappa shape index (κ2) is 11.0. The molecule has 1 aliphatic heterocycles. The average Bonchev–Trinajstić information content (AvgIpc) is 3.29. The minimum Gasteiger partial charge on any atom is -0.441 e. The van der Waals surface area contributed by atoms with Crippen molar-refractivity contribution in [3.05, 3.63) is 107 Å². The van der Waals surface area contributed by atoms with E-state index in [2.05, 4.69) is 77.5 Å². The molecule has 190 valence electrons. The third-order valence-corrected chi connectivity index (χ3v) is 7.10. The molecule has 1 fully saturated rings. The molecule has 0 saturated carbocycles. The van der Waals surface area contributed by atoms with Crippen LogP contribution >= 0.6 is 0 Å². The smallest absolute Gasteiger partial charge is 0.251 e. The molecule has 0 radical (unpaired) electrons. The van der Waals surface area contributed by atoms with Crippen molar-refractivity contribution < 1.29 is 9.21 Å². The molecule has 1 aliphatic rings. The number of aryl methyl sites for hydroxylation is 3. The van der Waals surface area contributed by atoms with Crippen LogP contribution in [0, 0.1) is 20.8 Å². The molecule has 4 aromatic rings. The van der Waals surface area contributed by atoms with Gasteiger partial charge < -0.3 is 14.6 Å². The summed E-state index contributed by atoms with van der Waals surface area (Å²) in [7, 11) is 0. The van der Waals surface area contributed by atoms with Gasteiger partial charge >= 0.3 is 0 Å². The van der Waals surface area contributed by atoms with Crippen molar-refractivity contribution in [2.75, 3.05) is 31.1 Å². The Hall–Kier alpha value is -3.90. The molecule has 0 bridgehead atoms. The van der Waals surface area contributed by atoms with Gasteiger partial charge in [0.25, 0.3) is 5.91 Å². The number of amides is 1. The fourth-order valence-electron chi connectivity index (χ4n) is 4.75. The van der Waals surface area contributed by atoms with Crippen LogP contribution < -0.4 is 10.2 Å². The fraction of sp³-hybridized carbons (Fsp3) is 0.290. The molecule has 2 heterocycles. The summed E-state index contributed by atoms with van der Waals surface area (Å²) in [6.45, 7) is 11.4. The SMILES string of the molecule is Cc1ccc(C)c(CNC(=O)c2ccc(-c3nc(CN4CCN(c5ccccc5)CC4)c(C)o3)cc2)c1. The molecule has 1 amide bonds. The Balaban J connectivity index is 1.18. The number of aromatic nitrogens is 1. The van der Waals surface area contributed by atoms with E-state index >= 15 is 0 Å². The zero-order valence-electron chi connectivity index (χ0n) is 21.8. The number of carbonyl (C=O) groups excluding carboxylic acids is 1. The van der Waals surface area contributed by atoms with Crippen molar-refractivity contribution >= 4 is 11.6 Å². The quantitative estimate of drug-likeness (QED) is 0.367. The Morgan fingerprint density at radius 2 is 1.65 bits per heavy atom. The van der Waals surface area contributed by atoms with E-state index in [-0.39, 0.29) is 5.91 Å².